The molecule has 1 aromatic carbocycles. The molecule has 0 aliphatic heterocycles. The first kappa shape index (κ1) is 11.7. The number of aryl methyl sites for hydroxylation is 1. The highest BCUT2D eigenvalue weighted by Crippen LogP contribution is 2.07. The van der Waals surface area contributed by atoms with E-state index >= 15 is 0 Å². The monoisotopic (exact) mass is 210 g/mol. The van der Waals surface area contributed by atoms with E-state index in [1.807, 2.05) is 30.3 Å². The molecule has 0 aliphatic carbocycles. The lowest BCUT2D eigenvalue weighted by Gasteiger charge is -2.13. The first-order valence-corrected chi connectivity index (χ1v) is 4.74. The third-order valence-electron chi connectivity index (χ3n) is 2.19. The lowest BCUT2D eigenvalue weighted by atomic mass is 10.0. The van der Waals surface area contributed by atoms with Gasteiger partial charge in [0.1, 0.15) is 0 Å². The summed E-state index contributed by atoms with van der Waals surface area (Å²) in [5, 5.41) is 26.8. The molecule has 4 nitrogen and oxygen atoms in total. The Bertz CT molecular complexity index is 310. The Balaban J connectivity index is 2.41. The van der Waals surface area contributed by atoms with Crippen LogP contribution in [-0.2, 0) is 11.2 Å². The van der Waals surface area contributed by atoms with Crippen LogP contribution in [0.3, 0.4) is 0 Å². The predicted molar refractivity (Wildman–Crippen MR) is 54.4 cm³/mol. The summed E-state index contributed by atoms with van der Waals surface area (Å²) in [5.74, 6) is -1.39. The van der Waals surface area contributed by atoms with Crippen molar-refractivity contribution in [3.8, 4) is 0 Å². The molecular formula is C11H14O4. The summed E-state index contributed by atoms with van der Waals surface area (Å²) in [7, 11) is 0. The first-order valence-electron chi connectivity index (χ1n) is 4.74. The molecule has 0 fully saturated rings. The van der Waals surface area contributed by atoms with Gasteiger partial charge in [-0.15, -0.1) is 0 Å². The number of aliphatic hydroxyl groups is 2. The van der Waals surface area contributed by atoms with Gasteiger partial charge in [-0.1, -0.05) is 30.3 Å². The zero-order valence-electron chi connectivity index (χ0n) is 8.21. The molecule has 0 heterocycles. The number of carbonyl (C=O) groups is 1. The minimum atomic E-state index is -1.70. The molecule has 2 unspecified atom stereocenters. The third kappa shape index (κ3) is 3.69. The lowest BCUT2D eigenvalue weighted by Crippen LogP contribution is -2.33. The standard InChI is InChI=1S/C11H14O4/c12-9(10(13)11(14)15)7-6-8-4-2-1-3-5-8/h1-5,9-10,12-13H,6-7H2,(H,14,15). The first-order chi connectivity index (χ1) is 7.11. The Labute approximate surface area is 87.8 Å². The fourth-order valence-electron chi connectivity index (χ4n) is 1.28. The van der Waals surface area contributed by atoms with Gasteiger partial charge >= 0.3 is 5.97 Å². The maximum atomic E-state index is 10.3. The van der Waals surface area contributed by atoms with E-state index in [2.05, 4.69) is 0 Å². The maximum Gasteiger partial charge on any atom is 0.335 e. The Morgan fingerprint density at radius 2 is 1.80 bits per heavy atom. The van der Waals surface area contributed by atoms with E-state index < -0.39 is 18.2 Å². The topological polar surface area (TPSA) is 77.8 Å². The highest BCUT2D eigenvalue weighted by molar-refractivity contribution is 5.72. The fraction of sp³-hybridized carbons (Fsp3) is 0.364. The largest absolute Gasteiger partial charge is 0.479 e. The van der Waals surface area contributed by atoms with Crippen molar-refractivity contribution >= 4 is 5.97 Å². The van der Waals surface area contributed by atoms with Gasteiger partial charge in [-0.05, 0) is 18.4 Å². The van der Waals surface area contributed by atoms with E-state index in [-0.39, 0.29) is 6.42 Å². The van der Waals surface area contributed by atoms with Gasteiger partial charge in [0.05, 0.1) is 6.10 Å². The fourth-order valence-corrected chi connectivity index (χ4v) is 1.28. The number of aliphatic hydroxyl groups excluding tert-OH is 2. The zero-order chi connectivity index (χ0) is 11.3. The number of rotatable bonds is 5. The van der Waals surface area contributed by atoms with E-state index in [0.29, 0.717) is 6.42 Å². The number of aliphatic carboxylic acids is 1. The summed E-state index contributed by atoms with van der Waals surface area (Å²) >= 11 is 0. The van der Waals surface area contributed by atoms with Gasteiger partial charge in [0.15, 0.2) is 6.10 Å². The molecule has 4 heteroatoms. The molecule has 1 rings (SSSR count). The van der Waals surface area contributed by atoms with E-state index in [0.717, 1.165) is 5.56 Å². The van der Waals surface area contributed by atoms with E-state index in [4.69, 9.17) is 10.2 Å². The maximum absolute atomic E-state index is 10.3. The van der Waals surface area contributed by atoms with Crippen LogP contribution in [0.25, 0.3) is 0 Å². The van der Waals surface area contributed by atoms with E-state index in [1.165, 1.54) is 0 Å². The second kappa shape index (κ2) is 5.48. The molecule has 2 atom stereocenters. The Morgan fingerprint density at radius 3 is 2.33 bits per heavy atom. The second-order valence-corrected chi connectivity index (χ2v) is 3.37. The van der Waals surface area contributed by atoms with Crippen LogP contribution in [0.15, 0.2) is 30.3 Å². The third-order valence-corrected chi connectivity index (χ3v) is 2.19. The molecule has 0 spiro atoms. The molecule has 0 saturated heterocycles. The van der Waals surface area contributed by atoms with Crippen LogP contribution in [0.1, 0.15) is 12.0 Å². The number of carboxylic acid groups (broad SMARTS) is 1. The van der Waals surface area contributed by atoms with E-state index in [1.54, 1.807) is 0 Å². The quantitative estimate of drug-likeness (QED) is 0.658. The number of benzene rings is 1. The zero-order valence-corrected chi connectivity index (χ0v) is 8.21. The molecule has 0 aromatic heterocycles. The van der Waals surface area contributed by atoms with Gasteiger partial charge in [-0.25, -0.2) is 4.79 Å². The van der Waals surface area contributed by atoms with Crippen molar-refractivity contribution in [3.05, 3.63) is 35.9 Å². The normalized spacial score (nSPS) is 14.5. The molecule has 0 saturated carbocycles. The molecule has 0 radical (unpaired) electrons. The van der Waals surface area contributed by atoms with Gasteiger partial charge < -0.3 is 15.3 Å². The average Bonchev–Trinajstić information content (AvgIpc) is 2.26. The van der Waals surface area contributed by atoms with Crippen LogP contribution in [0.4, 0.5) is 0 Å². The van der Waals surface area contributed by atoms with Gasteiger partial charge in [0.25, 0.3) is 0 Å². The molecule has 3 N–H and O–H groups in total. The van der Waals surface area contributed by atoms with Gasteiger partial charge in [0, 0.05) is 0 Å². The number of carboxylic acids is 1. The summed E-state index contributed by atoms with van der Waals surface area (Å²) in [4.78, 5) is 10.3. The smallest absolute Gasteiger partial charge is 0.335 e. The average molecular weight is 210 g/mol. The van der Waals surface area contributed by atoms with Crippen molar-refractivity contribution in [2.75, 3.05) is 0 Å². The van der Waals surface area contributed by atoms with Crippen LogP contribution < -0.4 is 0 Å². The van der Waals surface area contributed by atoms with Crippen molar-refractivity contribution in [3.63, 3.8) is 0 Å². The molecule has 0 bridgehead atoms. The number of hydrogen-bond donors (Lipinski definition) is 3. The van der Waals surface area contributed by atoms with Crippen LogP contribution >= 0.6 is 0 Å². The second-order valence-electron chi connectivity index (χ2n) is 3.37. The van der Waals surface area contributed by atoms with Gasteiger partial charge in [-0.2, -0.15) is 0 Å². The summed E-state index contributed by atoms with van der Waals surface area (Å²) < 4.78 is 0. The molecule has 0 amide bonds. The van der Waals surface area contributed by atoms with Gasteiger partial charge in [-0.3, -0.25) is 0 Å². The highest BCUT2D eigenvalue weighted by Gasteiger charge is 2.22. The Hall–Kier alpha value is -1.39. The minimum Gasteiger partial charge on any atom is -0.479 e. The van der Waals surface area contributed by atoms with Gasteiger partial charge in [0.2, 0.25) is 0 Å². The molecule has 82 valence electrons. The Kier molecular flexibility index (Phi) is 4.27. The van der Waals surface area contributed by atoms with Crippen LogP contribution in [-0.4, -0.2) is 33.5 Å². The van der Waals surface area contributed by atoms with Crippen molar-refractivity contribution < 1.29 is 20.1 Å². The molecule has 1 aromatic rings. The highest BCUT2D eigenvalue weighted by atomic mass is 16.4. The van der Waals surface area contributed by atoms with Crippen molar-refractivity contribution in [2.24, 2.45) is 0 Å². The summed E-state index contributed by atoms with van der Waals surface area (Å²) in [6.45, 7) is 0. The van der Waals surface area contributed by atoms with Crippen LogP contribution in [0.2, 0.25) is 0 Å². The van der Waals surface area contributed by atoms with Crippen molar-refractivity contribution in [2.45, 2.75) is 25.0 Å². The predicted octanol–water partition coefficient (Wildman–Crippen LogP) is 0.426. The molecular weight excluding hydrogens is 196 g/mol. The van der Waals surface area contributed by atoms with Crippen molar-refractivity contribution in [1.82, 2.24) is 0 Å². The molecule has 0 aliphatic rings. The summed E-state index contributed by atoms with van der Waals surface area (Å²) in [5.41, 5.74) is 1.01. The van der Waals surface area contributed by atoms with E-state index in [9.17, 15) is 9.90 Å². The SMILES string of the molecule is O=C(O)C(O)C(O)CCc1ccccc1. The molecule has 15 heavy (non-hydrogen) atoms. The summed E-state index contributed by atoms with van der Waals surface area (Å²) in [6.07, 6.45) is -2.14. The lowest BCUT2D eigenvalue weighted by molar-refractivity contribution is -0.152. The minimum absolute atomic E-state index is 0.234. The van der Waals surface area contributed by atoms with Crippen LogP contribution in [0, 0.1) is 0 Å². The Morgan fingerprint density at radius 1 is 1.20 bits per heavy atom. The van der Waals surface area contributed by atoms with Crippen LogP contribution in [0.5, 0.6) is 0 Å². The summed E-state index contributed by atoms with van der Waals surface area (Å²) in [6, 6.07) is 9.40. The van der Waals surface area contributed by atoms with Crippen molar-refractivity contribution in [1.29, 1.82) is 0 Å². The number of hydrogen-bond acceptors (Lipinski definition) is 3.